The van der Waals surface area contributed by atoms with E-state index in [1.165, 1.54) is 44.3 Å². The molecule has 0 saturated heterocycles. The summed E-state index contributed by atoms with van der Waals surface area (Å²) in [6.07, 6.45) is 7.90. The molecular formula is C17H28ClN3. The van der Waals surface area contributed by atoms with Crippen molar-refractivity contribution >= 4 is 11.6 Å². The van der Waals surface area contributed by atoms with Gasteiger partial charge in [-0.3, -0.25) is 4.68 Å². The molecule has 1 aromatic heterocycles. The maximum atomic E-state index is 6.46. The molecule has 1 heterocycles. The standard InChI is InChI=1S/C17H28ClN3/c1-11-4-5-13(10-19-15-6-7-15)14(8-11)9-16-17(18)12(2)20-21(16)3/h11,13-15,19H,4-10H2,1-3H3. The van der Waals surface area contributed by atoms with Gasteiger partial charge in [-0.05, 0) is 63.3 Å². The first-order valence-corrected chi connectivity index (χ1v) is 8.83. The van der Waals surface area contributed by atoms with E-state index in [0.717, 1.165) is 40.9 Å². The van der Waals surface area contributed by atoms with Crippen LogP contribution in [0.2, 0.25) is 5.02 Å². The molecule has 3 atom stereocenters. The summed E-state index contributed by atoms with van der Waals surface area (Å²) < 4.78 is 1.99. The van der Waals surface area contributed by atoms with Crippen LogP contribution in [0.3, 0.4) is 0 Å². The van der Waals surface area contributed by atoms with Crippen molar-refractivity contribution in [2.75, 3.05) is 6.54 Å². The Bertz CT molecular complexity index is 492. The Morgan fingerprint density at radius 3 is 2.62 bits per heavy atom. The number of aromatic nitrogens is 2. The van der Waals surface area contributed by atoms with Crippen LogP contribution in [0.5, 0.6) is 0 Å². The molecule has 0 aromatic carbocycles. The molecule has 0 aliphatic heterocycles. The summed E-state index contributed by atoms with van der Waals surface area (Å²) in [4.78, 5) is 0. The molecule has 2 fully saturated rings. The largest absolute Gasteiger partial charge is 0.314 e. The fourth-order valence-electron chi connectivity index (χ4n) is 3.84. The van der Waals surface area contributed by atoms with Crippen molar-refractivity contribution in [1.82, 2.24) is 15.1 Å². The van der Waals surface area contributed by atoms with E-state index >= 15 is 0 Å². The van der Waals surface area contributed by atoms with Gasteiger partial charge in [-0.25, -0.2) is 0 Å². The fourth-order valence-corrected chi connectivity index (χ4v) is 4.07. The SMILES string of the molecule is Cc1nn(C)c(CC2CC(C)CCC2CNC2CC2)c1Cl. The second-order valence-electron chi connectivity index (χ2n) is 7.29. The van der Waals surface area contributed by atoms with Crippen LogP contribution in [0.25, 0.3) is 0 Å². The Morgan fingerprint density at radius 2 is 2.00 bits per heavy atom. The van der Waals surface area contributed by atoms with E-state index in [1.807, 2.05) is 18.7 Å². The lowest BCUT2D eigenvalue weighted by atomic mass is 9.72. The summed E-state index contributed by atoms with van der Waals surface area (Å²) in [7, 11) is 2.03. The van der Waals surface area contributed by atoms with Gasteiger partial charge in [-0.1, -0.05) is 24.9 Å². The Labute approximate surface area is 133 Å². The molecule has 1 N–H and O–H groups in total. The van der Waals surface area contributed by atoms with Crippen molar-refractivity contribution in [3.05, 3.63) is 16.4 Å². The van der Waals surface area contributed by atoms with Gasteiger partial charge in [0.2, 0.25) is 0 Å². The summed E-state index contributed by atoms with van der Waals surface area (Å²) in [6.45, 7) is 5.59. The van der Waals surface area contributed by atoms with E-state index in [9.17, 15) is 0 Å². The Kier molecular flexibility index (Phi) is 4.60. The molecule has 2 aliphatic rings. The maximum absolute atomic E-state index is 6.46. The molecule has 118 valence electrons. The van der Waals surface area contributed by atoms with Crippen molar-refractivity contribution in [2.45, 2.75) is 58.4 Å². The highest BCUT2D eigenvalue weighted by Gasteiger charge is 2.31. The molecule has 21 heavy (non-hydrogen) atoms. The van der Waals surface area contributed by atoms with Crippen LogP contribution >= 0.6 is 11.6 Å². The van der Waals surface area contributed by atoms with Gasteiger partial charge in [0.1, 0.15) is 0 Å². The molecule has 3 nitrogen and oxygen atoms in total. The van der Waals surface area contributed by atoms with Crippen molar-refractivity contribution in [2.24, 2.45) is 24.8 Å². The molecule has 0 bridgehead atoms. The van der Waals surface area contributed by atoms with E-state index in [1.54, 1.807) is 0 Å². The zero-order valence-corrected chi connectivity index (χ0v) is 14.3. The van der Waals surface area contributed by atoms with Crippen LogP contribution in [0.4, 0.5) is 0 Å². The number of hydrogen-bond donors (Lipinski definition) is 1. The highest BCUT2D eigenvalue weighted by Crippen LogP contribution is 2.37. The molecule has 3 rings (SSSR count). The first-order valence-electron chi connectivity index (χ1n) is 8.46. The average Bonchev–Trinajstić information content (AvgIpc) is 3.23. The molecule has 1 aromatic rings. The molecule has 2 saturated carbocycles. The van der Waals surface area contributed by atoms with Gasteiger partial charge >= 0.3 is 0 Å². The van der Waals surface area contributed by atoms with Gasteiger partial charge < -0.3 is 5.32 Å². The zero-order valence-electron chi connectivity index (χ0n) is 13.5. The quantitative estimate of drug-likeness (QED) is 0.898. The van der Waals surface area contributed by atoms with E-state index in [0.29, 0.717) is 0 Å². The minimum absolute atomic E-state index is 0.743. The van der Waals surface area contributed by atoms with Gasteiger partial charge in [0.05, 0.1) is 16.4 Å². The summed E-state index contributed by atoms with van der Waals surface area (Å²) in [5, 5.41) is 9.09. The van der Waals surface area contributed by atoms with Crippen molar-refractivity contribution in [1.29, 1.82) is 0 Å². The average molecular weight is 310 g/mol. The van der Waals surface area contributed by atoms with Gasteiger partial charge in [0.15, 0.2) is 0 Å². The summed E-state index contributed by atoms with van der Waals surface area (Å²) in [5.41, 5.74) is 2.19. The van der Waals surface area contributed by atoms with Crippen molar-refractivity contribution < 1.29 is 0 Å². The van der Waals surface area contributed by atoms with E-state index in [-0.39, 0.29) is 0 Å². The van der Waals surface area contributed by atoms with Gasteiger partial charge in [0, 0.05) is 13.1 Å². The highest BCUT2D eigenvalue weighted by molar-refractivity contribution is 6.31. The van der Waals surface area contributed by atoms with Crippen LogP contribution < -0.4 is 5.32 Å². The number of hydrogen-bond acceptors (Lipinski definition) is 2. The second-order valence-corrected chi connectivity index (χ2v) is 7.67. The Morgan fingerprint density at radius 1 is 1.24 bits per heavy atom. The third-order valence-electron chi connectivity index (χ3n) is 5.37. The smallest absolute Gasteiger partial charge is 0.0847 e. The number of nitrogens with one attached hydrogen (secondary N) is 1. The number of halogens is 1. The van der Waals surface area contributed by atoms with Gasteiger partial charge in [-0.15, -0.1) is 0 Å². The molecular weight excluding hydrogens is 282 g/mol. The molecule has 4 heteroatoms. The van der Waals surface area contributed by atoms with Crippen molar-refractivity contribution in [3.8, 4) is 0 Å². The molecule has 0 amide bonds. The number of rotatable bonds is 5. The van der Waals surface area contributed by atoms with Crippen LogP contribution in [-0.4, -0.2) is 22.4 Å². The van der Waals surface area contributed by atoms with Gasteiger partial charge in [0.25, 0.3) is 0 Å². The maximum Gasteiger partial charge on any atom is 0.0847 e. The minimum Gasteiger partial charge on any atom is -0.314 e. The molecule has 0 radical (unpaired) electrons. The number of nitrogens with zero attached hydrogens (tertiary/aromatic N) is 2. The van der Waals surface area contributed by atoms with Crippen LogP contribution in [0, 0.1) is 24.7 Å². The normalized spacial score (nSPS) is 29.8. The third kappa shape index (κ3) is 3.62. The summed E-state index contributed by atoms with van der Waals surface area (Å²) in [5.74, 6) is 2.39. The van der Waals surface area contributed by atoms with E-state index < -0.39 is 0 Å². The lowest BCUT2D eigenvalue weighted by Crippen LogP contribution is -2.35. The number of aryl methyl sites for hydroxylation is 2. The fraction of sp³-hybridized carbons (Fsp3) is 0.824. The predicted molar refractivity (Wildman–Crippen MR) is 87.7 cm³/mol. The predicted octanol–water partition coefficient (Wildman–Crippen LogP) is 3.73. The first-order chi connectivity index (χ1) is 10.0. The Hall–Kier alpha value is -0.540. The summed E-state index contributed by atoms with van der Waals surface area (Å²) >= 11 is 6.46. The minimum atomic E-state index is 0.743. The molecule has 3 unspecified atom stereocenters. The highest BCUT2D eigenvalue weighted by atomic mass is 35.5. The van der Waals surface area contributed by atoms with Crippen LogP contribution in [0.15, 0.2) is 0 Å². The lowest BCUT2D eigenvalue weighted by Gasteiger charge is -2.35. The Balaban J connectivity index is 1.68. The first kappa shape index (κ1) is 15.4. The molecule has 2 aliphatic carbocycles. The lowest BCUT2D eigenvalue weighted by molar-refractivity contribution is 0.181. The zero-order chi connectivity index (χ0) is 15.0. The van der Waals surface area contributed by atoms with Crippen LogP contribution in [-0.2, 0) is 13.5 Å². The topological polar surface area (TPSA) is 29.9 Å². The van der Waals surface area contributed by atoms with Crippen LogP contribution in [0.1, 0.15) is 50.4 Å². The summed E-state index contributed by atoms with van der Waals surface area (Å²) in [6, 6.07) is 0.813. The monoisotopic (exact) mass is 309 g/mol. The van der Waals surface area contributed by atoms with Gasteiger partial charge in [-0.2, -0.15) is 5.10 Å². The van der Waals surface area contributed by atoms with E-state index in [4.69, 9.17) is 11.6 Å². The van der Waals surface area contributed by atoms with Crippen molar-refractivity contribution in [3.63, 3.8) is 0 Å². The molecule has 0 spiro atoms. The van der Waals surface area contributed by atoms with E-state index in [2.05, 4.69) is 17.3 Å². The third-order valence-corrected chi connectivity index (χ3v) is 5.86. The second kappa shape index (κ2) is 6.29.